The van der Waals surface area contributed by atoms with Crippen LogP contribution < -0.4 is 16.4 Å². The van der Waals surface area contributed by atoms with E-state index in [1.54, 1.807) is 0 Å². The largest absolute Gasteiger partial charge is 0.351 e. The second-order valence-corrected chi connectivity index (χ2v) is 8.32. The fraction of sp³-hybridized carbons (Fsp3) is 0.375. The number of nitrogens with zero attached hydrogens (tertiary/aromatic N) is 2. The summed E-state index contributed by atoms with van der Waals surface area (Å²) >= 11 is 2.63. The second-order valence-electron chi connectivity index (χ2n) is 5.95. The van der Waals surface area contributed by atoms with Gasteiger partial charge in [0.1, 0.15) is 0 Å². The molecule has 25 heavy (non-hydrogen) atoms. The molecule has 0 fully saturated rings. The van der Waals surface area contributed by atoms with Gasteiger partial charge in [-0.3, -0.25) is 10.1 Å². The molecule has 7 nitrogen and oxygen atoms in total. The van der Waals surface area contributed by atoms with Crippen molar-refractivity contribution in [3.8, 4) is 0 Å². The molecule has 0 aliphatic rings. The number of urea groups is 1. The Morgan fingerprint density at radius 2 is 1.96 bits per heavy atom. The number of carbonyl (C=O) groups is 2. The van der Waals surface area contributed by atoms with Crippen LogP contribution in [-0.2, 0) is 4.79 Å². The Kier molecular flexibility index (Phi) is 6.38. The van der Waals surface area contributed by atoms with Crippen molar-refractivity contribution in [2.45, 2.75) is 37.3 Å². The fourth-order valence-electron chi connectivity index (χ4n) is 2.17. The molecule has 0 bridgehead atoms. The second kappa shape index (κ2) is 8.30. The number of thioether (sulfide) groups is 1. The molecule has 0 aliphatic carbocycles. The quantitative estimate of drug-likeness (QED) is 0.665. The molecule has 0 saturated heterocycles. The van der Waals surface area contributed by atoms with Crippen LogP contribution in [0.2, 0.25) is 0 Å². The summed E-state index contributed by atoms with van der Waals surface area (Å²) in [6, 6.07) is 5.25. The van der Waals surface area contributed by atoms with Crippen molar-refractivity contribution in [3.05, 3.63) is 29.3 Å². The van der Waals surface area contributed by atoms with Gasteiger partial charge in [0.25, 0.3) is 0 Å². The van der Waals surface area contributed by atoms with E-state index in [-0.39, 0.29) is 5.92 Å². The van der Waals surface area contributed by atoms with Gasteiger partial charge in [-0.1, -0.05) is 54.6 Å². The standard InChI is InChI=1S/C16H21N5O2S2/c1-8(2)12(13(22)19-14(17)23)24-16-21-20-15(25-16)18-11-6-5-9(3)7-10(11)4/h5-8,12H,1-4H3,(H,18,20)(H3,17,19,22,23)/t12-/m1/s1. The van der Waals surface area contributed by atoms with Gasteiger partial charge >= 0.3 is 6.03 Å². The van der Waals surface area contributed by atoms with Crippen molar-refractivity contribution in [2.75, 3.05) is 5.32 Å². The van der Waals surface area contributed by atoms with Crippen LogP contribution in [0.1, 0.15) is 25.0 Å². The number of amides is 3. The van der Waals surface area contributed by atoms with Crippen LogP contribution in [0.5, 0.6) is 0 Å². The maximum Gasteiger partial charge on any atom is 0.318 e. The Balaban J connectivity index is 2.08. The molecule has 2 aromatic rings. The highest BCUT2D eigenvalue weighted by atomic mass is 32.2. The van der Waals surface area contributed by atoms with Crippen LogP contribution in [0.25, 0.3) is 0 Å². The summed E-state index contributed by atoms with van der Waals surface area (Å²) in [5, 5.41) is 13.8. The number of primary amides is 1. The number of imide groups is 1. The highest BCUT2D eigenvalue weighted by Crippen LogP contribution is 2.33. The molecule has 1 heterocycles. The zero-order chi connectivity index (χ0) is 18.6. The highest BCUT2D eigenvalue weighted by molar-refractivity contribution is 8.02. The molecular formula is C16H21N5O2S2. The molecule has 4 N–H and O–H groups in total. The van der Waals surface area contributed by atoms with E-state index < -0.39 is 17.2 Å². The molecule has 9 heteroatoms. The van der Waals surface area contributed by atoms with Gasteiger partial charge in [-0.2, -0.15) is 0 Å². The Morgan fingerprint density at radius 3 is 2.56 bits per heavy atom. The SMILES string of the molecule is Cc1ccc(Nc2nnc(S[C@@H](C(=O)NC(N)=O)C(C)C)s2)c(C)c1. The van der Waals surface area contributed by atoms with E-state index in [4.69, 9.17) is 5.73 Å². The van der Waals surface area contributed by atoms with Gasteiger partial charge in [-0.05, 0) is 31.4 Å². The van der Waals surface area contributed by atoms with Gasteiger partial charge in [-0.25, -0.2) is 4.79 Å². The molecule has 1 aromatic heterocycles. The number of benzene rings is 1. The number of anilines is 2. The normalized spacial score (nSPS) is 12.0. The molecule has 1 aromatic carbocycles. The van der Waals surface area contributed by atoms with E-state index in [0.717, 1.165) is 11.3 Å². The number of nitrogens with two attached hydrogens (primary N) is 1. The van der Waals surface area contributed by atoms with Crippen LogP contribution in [-0.4, -0.2) is 27.4 Å². The lowest BCUT2D eigenvalue weighted by Gasteiger charge is -2.16. The number of rotatable bonds is 6. The first kappa shape index (κ1) is 19.2. The highest BCUT2D eigenvalue weighted by Gasteiger charge is 2.26. The van der Waals surface area contributed by atoms with Crippen molar-refractivity contribution in [3.63, 3.8) is 0 Å². The molecule has 0 radical (unpaired) electrons. The summed E-state index contributed by atoms with van der Waals surface area (Å²) < 4.78 is 0.644. The predicted molar refractivity (Wildman–Crippen MR) is 101 cm³/mol. The third kappa shape index (κ3) is 5.43. The number of aryl methyl sites for hydroxylation is 2. The zero-order valence-electron chi connectivity index (χ0n) is 14.5. The van der Waals surface area contributed by atoms with Gasteiger partial charge in [0.15, 0.2) is 4.34 Å². The van der Waals surface area contributed by atoms with Crippen LogP contribution in [0.15, 0.2) is 22.5 Å². The monoisotopic (exact) mass is 379 g/mol. The first-order chi connectivity index (χ1) is 11.8. The molecular weight excluding hydrogens is 358 g/mol. The smallest absolute Gasteiger partial charge is 0.318 e. The van der Waals surface area contributed by atoms with Gasteiger partial charge in [0, 0.05) is 5.69 Å². The van der Waals surface area contributed by atoms with Crippen molar-refractivity contribution in [1.82, 2.24) is 15.5 Å². The fourth-order valence-corrected chi connectivity index (χ4v) is 4.14. The molecule has 3 amide bonds. The predicted octanol–water partition coefficient (Wildman–Crippen LogP) is 3.21. The van der Waals surface area contributed by atoms with Crippen LogP contribution >= 0.6 is 23.1 Å². The molecule has 134 valence electrons. The van der Waals surface area contributed by atoms with Gasteiger partial charge in [-0.15, -0.1) is 10.2 Å². The van der Waals surface area contributed by atoms with Crippen molar-refractivity contribution < 1.29 is 9.59 Å². The van der Waals surface area contributed by atoms with Crippen molar-refractivity contribution >= 4 is 45.9 Å². The summed E-state index contributed by atoms with van der Waals surface area (Å²) in [5.41, 5.74) is 8.29. The minimum atomic E-state index is -0.856. The summed E-state index contributed by atoms with van der Waals surface area (Å²) in [5.74, 6) is -0.421. The van der Waals surface area contributed by atoms with E-state index in [1.807, 2.05) is 39.8 Å². The maximum absolute atomic E-state index is 12.1. The number of hydrogen-bond acceptors (Lipinski definition) is 7. The average Bonchev–Trinajstić information content (AvgIpc) is 2.94. The van der Waals surface area contributed by atoms with Gasteiger partial charge in [0.05, 0.1) is 5.25 Å². The first-order valence-electron chi connectivity index (χ1n) is 7.71. The topological polar surface area (TPSA) is 110 Å². The summed E-state index contributed by atoms with van der Waals surface area (Å²) in [6.07, 6.45) is 0. The molecule has 0 spiro atoms. The Morgan fingerprint density at radius 1 is 1.24 bits per heavy atom. The Labute approximate surface area is 154 Å². The zero-order valence-corrected chi connectivity index (χ0v) is 16.1. The maximum atomic E-state index is 12.1. The third-order valence-electron chi connectivity index (χ3n) is 3.37. The minimum absolute atomic E-state index is 0.00371. The molecule has 1 atom stereocenters. The molecule has 0 saturated carbocycles. The van der Waals surface area contributed by atoms with Crippen molar-refractivity contribution in [1.29, 1.82) is 0 Å². The third-order valence-corrected chi connectivity index (χ3v) is 5.84. The number of nitrogens with one attached hydrogen (secondary N) is 2. The van der Waals surface area contributed by atoms with E-state index in [9.17, 15) is 9.59 Å². The molecule has 0 unspecified atom stereocenters. The van der Waals surface area contributed by atoms with Gasteiger partial charge in [0.2, 0.25) is 11.0 Å². The van der Waals surface area contributed by atoms with Crippen molar-refractivity contribution in [2.24, 2.45) is 11.7 Å². The first-order valence-corrected chi connectivity index (χ1v) is 9.40. The molecule has 2 rings (SSSR count). The Bertz CT molecular complexity index is 776. The number of aromatic nitrogens is 2. The summed E-state index contributed by atoms with van der Waals surface area (Å²) in [7, 11) is 0. The summed E-state index contributed by atoms with van der Waals surface area (Å²) in [6.45, 7) is 7.86. The average molecular weight is 380 g/mol. The van der Waals surface area contributed by atoms with Crippen LogP contribution in [0.4, 0.5) is 15.6 Å². The number of carbonyl (C=O) groups excluding carboxylic acids is 2. The Hall–Kier alpha value is -2.13. The van der Waals surface area contributed by atoms with Crippen LogP contribution in [0.3, 0.4) is 0 Å². The van der Waals surface area contributed by atoms with E-state index in [1.165, 1.54) is 28.7 Å². The van der Waals surface area contributed by atoms with E-state index in [0.29, 0.717) is 9.47 Å². The lowest BCUT2D eigenvalue weighted by Crippen LogP contribution is -2.42. The number of hydrogen-bond donors (Lipinski definition) is 3. The van der Waals surface area contributed by atoms with Gasteiger partial charge < -0.3 is 11.1 Å². The van der Waals surface area contributed by atoms with E-state index >= 15 is 0 Å². The minimum Gasteiger partial charge on any atom is -0.351 e. The van der Waals surface area contributed by atoms with E-state index in [2.05, 4.69) is 26.9 Å². The van der Waals surface area contributed by atoms with Crippen LogP contribution in [0, 0.1) is 19.8 Å². The lowest BCUT2D eigenvalue weighted by molar-refractivity contribution is -0.120. The molecule has 0 aliphatic heterocycles. The lowest BCUT2D eigenvalue weighted by atomic mass is 10.1. The summed E-state index contributed by atoms with van der Waals surface area (Å²) in [4.78, 5) is 23.0.